The van der Waals surface area contributed by atoms with Crippen LogP contribution in [-0.2, 0) is 35.2 Å². The number of rotatable bonds is 4. The van der Waals surface area contributed by atoms with E-state index in [0.29, 0.717) is 25.1 Å². The number of benzene rings is 2. The van der Waals surface area contributed by atoms with Crippen molar-refractivity contribution < 1.29 is 22.8 Å². The summed E-state index contributed by atoms with van der Waals surface area (Å²) in [7, 11) is 0. The standard InChI is InChI=1S/C24H26F3N3O2/c1-15-4-7-17-14-30(23(32)20-3-2-11-28-20)12-10-19(17)22(15)29-21(31)13-16-5-8-18(9-6-16)24(25,26)27/h4-9,20,28H,2-3,10-14H2,1H3,(H,29,31)/t20-/m1/s1. The molecule has 0 bridgehead atoms. The minimum atomic E-state index is -4.40. The molecular weight excluding hydrogens is 419 g/mol. The molecule has 1 atom stereocenters. The number of nitrogens with zero attached hydrogens (tertiary/aromatic N) is 1. The van der Waals surface area contributed by atoms with Gasteiger partial charge in [-0.2, -0.15) is 13.2 Å². The van der Waals surface area contributed by atoms with Gasteiger partial charge in [-0.3, -0.25) is 9.59 Å². The van der Waals surface area contributed by atoms with Gasteiger partial charge in [0.1, 0.15) is 0 Å². The molecule has 32 heavy (non-hydrogen) atoms. The smallest absolute Gasteiger partial charge is 0.337 e. The lowest BCUT2D eigenvalue weighted by atomic mass is 9.94. The largest absolute Gasteiger partial charge is 0.416 e. The highest BCUT2D eigenvalue weighted by Gasteiger charge is 2.31. The second-order valence-corrected chi connectivity index (χ2v) is 8.47. The minimum absolute atomic E-state index is 0.0147. The molecule has 170 valence electrons. The summed E-state index contributed by atoms with van der Waals surface area (Å²) in [5.74, 6) is -0.156. The molecule has 0 aliphatic carbocycles. The third-order valence-corrected chi connectivity index (χ3v) is 6.19. The monoisotopic (exact) mass is 445 g/mol. The normalized spacial score (nSPS) is 18.4. The molecule has 8 heteroatoms. The van der Waals surface area contributed by atoms with Gasteiger partial charge in [-0.05, 0) is 67.1 Å². The van der Waals surface area contributed by atoms with Crippen LogP contribution in [0.15, 0.2) is 36.4 Å². The van der Waals surface area contributed by atoms with Gasteiger partial charge < -0.3 is 15.5 Å². The van der Waals surface area contributed by atoms with E-state index in [4.69, 9.17) is 0 Å². The Morgan fingerprint density at radius 3 is 2.56 bits per heavy atom. The number of halogens is 3. The Labute approximate surface area is 185 Å². The fourth-order valence-electron chi connectivity index (χ4n) is 4.43. The van der Waals surface area contributed by atoms with Gasteiger partial charge in [0.05, 0.1) is 18.0 Å². The molecule has 2 aromatic rings. The Morgan fingerprint density at radius 2 is 1.91 bits per heavy atom. The maximum absolute atomic E-state index is 12.8. The van der Waals surface area contributed by atoms with Crippen LogP contribution in [0, 0.1) is 6.92 Å². The van der Waals surface area contributed by atoms with E-state index in [1.807, 2.05) is 24.0 Å². The molecule has 4 rings (SSSR count). The Morgan fingerprint density at radius 1 is 1.16 bits per heavy atom. The molecule has 0 radical (unpaired) electrons. The molecule has 2 aliphatic heterocycles. The van der Waals surface area contributed by atoms with Crippen molar-refractivity contribution in [2.75, 3.05) is 18.4 Å². The highest BCUT2D eigenvalue weighted by molar-refractivity contribution is 5.94. The van der Waals surface area contributed by atoms with Crippen LogP contribution in [0.25, 0.3) is 0 Å². The van der Waals surface area contributed by atoms with E-state index in [-0.39, 0.29) is 24.3 Å². The predicted octanol–water partition coefficient (Wildman–Crippen LogP) is 3.83. The van der Waals surface area contributed by atoms with E-state index in [2.05, 4.69) is 10.6 Å². The van der Waals surface area contributed by atoms with Gasteiger partial charge in [0.15, 0.2) is 0 Å². The van der Waals surface area contributed by atoms with Gasteiger partial charge in [0.2, 0.25) is 11.8 Å². The topological polar surface area (TPSA) is 61.4 Å². The number of aryl methyl sites for hydroxylation is 1. The van der Waals surface area contributed by atoms with Crippen LogP contribution in [0.3, 0.4) is 0 Å². The molecule has 2 heterocycles. The number of hydrogen-bond donors (Lipinski definition) is 2. The zero-order valence-corrected chi connectivity index (χ0v) is 17.9. The number of carbonyl (C=O) groups is 2. The van der Waals surface area contributed by atoms with Crippen molar-refractivity contribution in [3.8, 4) is 0 Å². The summed E-state index contributed by atoms with van der Waals surface area (Å²) < 4.78 is 38.2. The quantitative estimate of drug-likeness (QED) is 0.752. The lowest BCUT2D eigenvalue weighted by Crippen LogP contribution is -2.45. The van der Waals surface area contributed by atoms with Crippen molar-refractivity contribution in [2.45, 2.75) is 51.4 Å². The van der Waals surface area contributed by atoms with Crippen LogP contribution in [0.1, 0.15) is 40.7 Å². The highest BCUT2D eigenvalue weighted by atomic mass is 19.4. The molecule has 2 aromatic carbocycles. The molecule has 0 aromatic heterocycles. The lowest BCUT2D eigenvalue weighted by molar-refractivity contribution is -0.137. The van der Waals surface area contributed by atoms with Crippen LogP contribution in [0.4, 0.5) is 18.9 Å². The molecule has 5 nitrogen and oxygen atoms in total. The number of fused-ring (bicyclic) bond motifs is 1. The summed E-state index contributed by atoms with van der Waals surface area (Å²) in [6.07, 6.45) is -1.90. The van der Waals surface area contributed by atoms with Crippen molar-refractivity contribution >= 4 is 17.5 Å². The third-order valence-electron chi connectivity index (χ3n) is 6.19. The number of hydrogen-bond acceptors (Lipinski definition) is 3. The molecule has 0 spiro atoms. The fourth-order valence-corrected chi connectivity index (χ4v) is 4.43. The van der Waals surface area contributed by atoms with Crippen molar-refractivity contribution in [2.24, 2.45) is 0 Å². The van der Waals surface area contributed by atoms with Crippen molar-refractivity contribution in [1.29, 1.82) is 0 Å². The van der Waals surface area contributed by atoms with E-state index < -0.39 is 11.7 Å². The molecule has 2 aliphatic rings. The molecule has 1 fully saturated rings. The third kappa shape index (κ3) is 4.80. The molecule has 0 saturated carbocycles. The van der Waals surface area contributed by atoms with E-state index in [0.717, 1.165) is 53.9 Å². The average Bonchev–Trinajstić information content (AvgIpc) is 3.29. The number of carbonyl (C=O) groups excluding carboxylic acids is 2. The average molecular weight is 445 g/mol. The minimum Gasteiger partial charge on any atom is -0.337 e. The number of alkyl halides is 3. The Kier molecular flexibility index (Phi) is 6.24. The predicted molar refractivity (Wildman–Crippen MR) is 115 cm³/mol. The second kappa shape index (κ2) is 8.94. The summed E-state index contributed by atoms with van der Waals surface area (Å²) >= 11 is 0. The van der Waals surface area contributed by atoms with Gasteiger partial charge in [0, 0.05) is 18.8 Å². The zero-order chi connectivity index (χ0) is 22.9. The van der Waals surface area contributed by atoms with Gasteiger partial charge in [0.25, 0.3) is 0 Å². The van der Waals surface area contributed by atoms with E-state index in [1.165, 1.54) is 12.1 Å². The fraction of sp³-hybridized carbons (Fsp3) is 0.417. The van der Waals surface area contributed by atoms with E-state index in [1.54, 1.807) is 0 Å². The Balaban J connectivity index is 1.45. The molecule has 0 unspecified atom stereocenters. The lowest BCUT2D eigenvalue weighted by Gasteiger charge is -2.32. The van der Waals surface area contributed by atoms with Crippen LogP contribution in [0.5, 0.6) is 0 Å². The zero-order valence-electron chi connectivity index (χ0n) is 17.9. The van der Waals surface area contributed by atoms with Gasteiger partial charge >= 0.3 is 6.18 Å². The second-order valence-electron chi connectivity index (χ2n) is 8.47. The van der Waals surface area contributed by atoms with Crippen LogP contribution < -0.4 is 10.6 Å². The van der Waals surface area contributed by atoms with Crippen molar-refractivity contribution in [3.63, 3.8) is 0 Å². The molecule has 2 N–H and O–H groups in total. The summed E-state index contributed by atoms with van der Waals surface area (Å²) in [4.78, 5) is 27.3. The van der Waals surface area contributed by atoms with Gasteiger partial charge in [-0.15, -0.1) is 0 Å². The number of nitrogens with one attached hydrogen (secondary N) is 2. The summed E-state index contributed by atoms with van der Waals surface area (Å²) in [5, 5.41) is 6.20. The van der Waals surface area contributed by atoms with Crippen molar-refractivity contribution in [1.82, 2.24) is 10.2 Å². The summed E-state index contributed by atoms with van der Waals surface area (Å²) in [5.41, 5.74) is 3.47. The van der Waals surface area contributed by atoms with E-state index >= 15 is 0 Å². The SMILES string of the molecule is Cc1ccc2c(c1NC(=O)Cc1ccc(C(F)(F)F)cc1)CCN(C(=O)[C@H]1CCCN1)C2. The maximum Gasteiger partial charge on any atom is 0.416 e. The number of anilines is 1. The van der Waals surface area contributed by atoms with Crippen molar-refractivity contribution in [3.05, 3.63) is 64.2 Å². The number of amides is 2. The van der Waals surface area contributed by atoms with E-state index in [9.17, 15) is 22.8 Å². The summed E-state index contributed by atoms with van der Waals surface area (Å²) in [6.45, 7) is 3.88. The van der Waals surface area contributed by atoms with Crippen LogP contribution in [0.2, 0.25) is 0 Å². The van der Waals surface area contributed by atoms with Gasteiger partial charge in [-0.1, -0.05) is 24.3 Å². The summed E-state index contributed by atoms with van der Waals surface area (Å²) in [6, 6.07) is 8.45. The van der Waals surface area contributed by atoms with Gasteiger partial charge in [-0.25, -0.2) is 0 Å². The first-order valence-electron chi connectivity index (χ1n) is 10.8. The molecule has 2 amide bonds. The molecule has 1 saturated heterocycles. The first kappa shape index (κ1) is 22.3. The first-order chi connectivity index (χ1) is 15.2. The first-order valence-corrected chi connectivity index (χ1v) is 10.8. The van der Waals surface area contributed by atoms with Crippen LogP contribution >= 0.6 is 0 Å². The molecular formula is C24H26F3N3O2. The van der Waals surface area contributed by atoms with Crippen LogP contribution in [-0.4, -0.2) is 35.8 Å². The Hall–Kier alpha value is -2.87. The highest BCUT2D eigenvalue weighted by Crippen LogP contribution is 2.31. The Bertz CT molecular complexity index is 1010. The maximum atomic E-state index is 12.8.